The lowest BCUT2D eigenvalue weighted by Crippen LogP contribution is -2.51. The number of carbonyl (C=O) groups excluding carboxylic acids is 2. The molecule has 0 aromatic heterocycles. The van der Waals surface area contributed by atoms with Crippen LogP contribution >= 0.6 is 23.2 Å². The zero-order chi connectivity index (χ0) is 28.5. The highest BCUT2D eigenvalue weighted by Gasteiger charge is 2.39. The summed E-state index contributed by atoms with van der Waals surface area (Å²) in [5.74, 6) is -1.50. The van der Waals surface area contributed by atoms with Crippen molar-refractivity contribution in [2.24, 2.45) is 0 Å². The summed E-state index contributed by atoms with van der Waals surface area (Å²) in [5, 5.41) is 0.787. The molecule has 2 aliphatic rings. The molecule has 2 aromatic rings. The molecule has 212 valence electrons. The Balaban J connectivity index is 1.50. The first kappa shape index (κ1) is 29.6. The van der Waals surface area contributed by atoms with Crippen LogP contribution < -0.4 is 0 Å². The Morgan fingerprint density at radius 2 is 1.67 bits per heavy atom. The Morgan fingerprint density at radius 1 is 0.974 bits per heavy atom. The predicted molar refractivity (Wildman–Crippen MR) is 141 cm³/mol. The Morgan fingerprint density at radius 3 is 2.26 bits per heavy atom. The maximum Gasteiger partial charge on any atom is 0.419 e. The highest BCUT2D eigenvalue weighted by molar-refractivity contribution is 6.42. The molecule has 0 unspecified atom stereocenters. The van der Waals surface area contributed by atoms with E-state index in [-0.39, 0.29) is 36.9 Å². The molecule has 2 fully saturated rings. The van der Waals surface area contributed by atoms with Crippen molar-refractivity contribution in [3.63, 3.8) is 0 Å². The van der Waals surface area contributed by atoms with Crippen molar-refractivity contribution < 1.29 is 27.2 Å². The number of benzene rings is 2. The molecule has 2 heterocycles. The maximum atomic E-state index is 14.2. The summed E-state index contributed by atoms with van der Waals surface area (Å²) in [4.78, 5) is 32.4. The van der Waals surface area contributed by atoms with Gasteiger partial charge in [0, 0.05) is 64.7 Å². The summed E-state index contributed by atoms with van der Waals surface area (Å²) in [6, 6.07) is 8.05. The molecular formula is C27H30Cl2F4N4O2. The number of piperazine rings is 1. The van der Waals surface area contributed by atoms with Crippen LogP contribution in [0.1, 0.15) is 29.5 Å². The van der Waals surface area contributed by atoms with Gasteiger partial charge in [0.1, 0.15) is 5.82 Å². The van der Waals surface area contributed by atoms with Crippen LogP contribution in [0.15, 0.2) is 36.4 Å². The highest BCUT2D eigenvalue weighted by Crippen LogP contribution is 2.36. The fourth-order valence-electron chi connectivity index (χ4n) is 5.31. The van der Waals surface area contributed by atoms with Gasteiger partial charge in [0.25, 0.3) is 0 Å². The average Bonchev–Trinajstić information content (AvgIpc) is 3.31. The van der Waals surface area contributed by atoms with E-state index >= 15 is 0 Å². The lowest BCUT2D eigenvalue weighted by molar-refractivity contribution is -0.140. The number of alkyl halides is 3. The lowest BCUT2D eigenvalue weighted by Gasteiger charge is -2.34. The van der Waals surface area contributed by atoms with Gasteiger partial charge in [0.2, 0.25) is 11.8 Å². The van der Waals surface area contributed by atoms with Crippen LogP contribution in [-0.4, -0.2) is 90.3 Å². The zero-order valence-electron chi connectivity index (χ0n) is 21.6. The number of hydrogen-bond donors (Lipinski definition) is 0. The second-order valence-corrected chi connectivity index (χ2v) is 11.0. The van der Waals surface area contributed by atoms with Gasteiger partial charge in [-0.1, -0.05) is 35.3 Å². The van der Waals surface area contributed by atoms with Crippen molar-refractivity contribution in [2.45, 2.75) is 31.6 Å². The van der Waals surface area contributed by atoms with Gasteiger partial charge >= 0.3 is 6.18 Å². The van der Waals surface area contributed by atoms with Crippen LogP contribution in [0, 0.1) is 5.82 Å². The van der Waals surface area contributed by atoms with Gasteiger partial charge in [-0.05, 0) is 42.4 Å². The first-order valence-corrected chi connectivity index (χ1v) is 13.4. The summed E-state index contributed by atoms with van der Waals surface area (Å²) in [5.41, 5.74) is -0.0291. The number of carbonyl (C=O) groups is 2. The van der Waals surface area contributed by atoms with Gasteiger partial charge in [-0.25, -0.2) is 4.39 Å². The van der Waals surface area contributed by atoms with Crippen molar-refractivity contribution in [1.82, 2.24) is 19.6 Å². The zero-order valence-corrected chi connectivity index (χ0v) is 23.2. The molecule has 39 heavy (non-hydrogen) atoms. The summed E-state index contributed by atoms with van der Waals surface area (Å²) in [7, 11) is 1.81. The second-order valence-electron chi connectivity index (χ2n) is 10.2. The minimum absolute atomic E-state index is 0.0174. The number of nitrogens with zero attached hydrogens (tertiary/aromatic N) is 4. The van der Waals surface area contributed by atoms with Crippen LogP contribution in [0.25, 0.3) is 0 Å². The molecule has 2 aromatic carbocycles. The van der Waals surface area contributed by atoms with Crippen LogP contribution in [0.3, 0.4) is 0 Å². The molecular weight excluding hydrogens is 559 g/mol. The van der Waals surface area contributed by atoms with Gasteiger partial charge in [-0.3, -0.25) is 19.4 Å². The van der Waals surface area contributed by atoms with Gasteiger partial charge < -0.3 is 9.80 Å². The van der Waals surface area contributed by atoms with Crippen molar-refractivity contribution in [2.75, 3.05) is 52.9 Å². The van der Waals surface area contributed by atoms with Crippen molar-refractivity contribution in [1.29, 1.82) is 0 Å². The molecule has 0 N–H and O–H groups in total. The highest BCUT2D eigenvalue weighted by atomic mass is 35.5. The monoisotopic (exact) mass is 588 g/mol. The number of likely N-dealkylation sites (N-methyl/N-ethyl adjacent to an activating group) is 1. The quantitative estimate of drug-likeness (QED) is 0.457. The first-order chi connectivity index (χ1) is 18.3. The fraction of sp³-hybridized carbons (Fsp3) is 0.481. The molecule has 2 saturated heterocycles. The van der Waals surface area contributed by atoms with Gasteiger partial charge in [0.05, 0.1) is 22.2 Å². The molecule has 0 saturated carbocycles. The van der Waals surface area contributed by atoms with Crippen molar-refractivity contribution in [3.05, 3.63) is 69.0 Å². The van der Waals surface area contributed by atoms with Gasteiger partial charge in [-0.2, -0.15) is 13.2 Å². The van der Waals surface area contributed by atoms with E-state index in [2.05, 4.69) is 0 Å². The van der Waals surface area contributed by atoms with Crippen LogP contribution in [-0.2, 0) is 22.3 Å². The minimum Gasteiger partial charge on any atom is -0.340 e. The molecule has 0 spiro atoms. The third kappa shape index (κ3) is 7.03. The normalized spacial score (nSPS) is 20.6. The average molecular weight is 589 g/mol. The van der Waals surface area contributed by atoms with Gasteiger partial charge in [-0.15, -0.1) is 0 Å². The molecule has 6 nitrogen and oxygen atoms in total. The fourth-order valence-corrected chi connectivity index (χ4v) is 5.62. The van der Waals surface area contributed by atoms with Gasteiger partial charge in [0.15, 0.2) is 0 Å². The van der Waals surface area contributed by atoms with Crippen LogP contribution in [0.2, 0.25) is 10.0 Å². The molecule has 2 amide bonds. The Hall–Kier alpha value is -2.40. The number of likely N-dealkylation sites (tertiary alicyclic amines) is 1. The van der Waals surface area contributed by atoms with Crippen LogP contribution in [0.4, 0.5) is 17.6 Å². The summed E-state index contributed by atoms with van der Waals surface area (Å²) in [6.45, 7) is 5.11. The molecule has 2 aliphatic heterocycles. The molecule has 4 rings (SSSR count). The van der Waals surface area contributed by atoms with E-state index in [1.807, 2.05) is 15.9 Å². The number of hydrogen-bond acceptors (Lipinski definition) is 4. The molecule has 0 aliphatic carbocycles. The Bertz CT molecular complexity index is 1220. The SMILES string of the molecule is CC(=O)N1CCN(CC(=O)N2C[C@H](c3ccc(Cl)c(Cl)c3)[C@H](N(C)Cc3ccc(C(F)(F)F)c(F)c3)C2)CC1. The third-order valence-electron chi connectivity index (χ3n) is 7.53. The second kappa shape index (κ2) is 12.0. The molecule has 12 heteroatoms. The van der Waals surface area contributed by atoms with E-state index in [0.717, 1.165) is 17.7 Å². The maximum absolute atomic E-state index is 14.2. The predicted octanol–water partition coefficient (Wildman–Crippen LogP) is 4.74. The topological polar surface area (TPSA) is 47.1 Å². The van der Waals surface area contributed by atoms with E-state index < -0.39 is 17.6 Å². The van der Waals surface area contributed by atoms with Crippen molar-refractivity contribution in [3.8, 4) is 0 Å². The van der Waals surface area contributed by atoms with E-state index in [0.29, 0.717) is 54.9 Å². The first-order valence-electron chi connectivity index (χ1n) is 12.6. The third-order valence-corrected chi connectivity index (χ3v) is 8.27. The van der Waals surface area contributed by atoms with E-state index in [4.69, 9.17) is 23.2 Å². The lowest BCUT2D eigenvalue weighted by atomic mass is 9.93. The number of rotatable bonds is 6. The smallest absolute Gasteiger partial charge is 0.340 e. The Labute approximate surface area is 235 Å². The number of amides is 2. The van der Waals surface area contributed by atoms with Crippen LogP contribution in [0.5, 0.6) is 0 Å². The largest absolute Gasteiger partial charge is 0.419 e. The van der Waals surface area contributed by atoms with E-state index in [9.17, 15) is 27.2 Å². The summed E-state index contributed by atoms with van der Waals surface area (Å²) in [6.07, 6.45) is -4.77. The Kier molecular flexibility index (Phi) is 9.10. The summed E-state index contributed by atoms with van der Waals surface area (Å²) < 4.78 is 53.2. The minimum atomic E-state index is -4.77. The van der Waals surface area contributed by atoms with Crippen molar-refractivity contribution >= 4 is 35.0 Å². The molecule has 0 radical (unpaired) electrons. The standard InChI is InChI=1S/C27H30Cl2F4N4O2/c1-17(38)36-9-7-35(8-10-36)16-26(39)37-14-20(19-4-6-22(28)23(29)12-19)25(15-37)34(2)13-18-3-5-21(24(30)11-18)27(31,32)33/h3-6,11-12,20,25H,7-10,13-16H2,1-2H3/t20-,25-/m1/s1. The van der Waals surface area contributed by atoms with E-state index in [1.54, 1.807) is 29.0 Å². The molecule has 2 atom stereocenters. The molecule has 0 bridgehead atoms. The van der Waals surface area contributed by atoms with E-state index in [1.165, 1.54) is 13.0 Å². The summed E-state index contributed by atoms with van der Waals surface area (Å²) >= 11 is 12.4. The number of halogens is 6.